The summed E-state index contributed by atoms with van der Waals surface area (Å²) in [6.45, 7) is 1.96. The second-order valence-corrected chi connectivity index (χ2v) is 8.52. The molecule has 3 aromatic rings. The lowest BCUT2D eigenvalue weighted by Gasteiger charge is -2.33. The molecular weight excluding hydrogens is 417 g/mol. The smallest absolute Gasteiger partial charge is 0.277 e. The van der Waals surface area contributed by atoms with Crippen molar-refractivity contribution >= 4 is 17.5 Å². The number of carbonyl (C=O) groups excluding carboxylic acids is 2. The fourth-order valence-electron chi connectivity index (χ4n) is 4.29. The van der Waals surface area contributed by atoms with Gasteiger partial charge in [-0.3, -0.25) is 19.5 Å². The summed E-state index contributed by atoms with van der Waals surface area (Å²) < 4.78 is 13.7. The summed E-state index contributed by atoms with van der Waals surface area (Å²) in [5, 5.41) is 3.15. The van der Waals surface area contributed by atoms with E-state index in [0.717, 1.165) is 31.2 Å². The molecular formula is C27H28FN3O2. The first-order valence-corrected chi connectivity index (χ1v) is 11.4. The van der Waals surface area contributed by atoms with Crippen molar-refractivity contribution in [2.45, 2.75) is 51.1 Å². The third-order valence-corrected chi connectivity index (χ3v) is 6.06. The van der Waals surface area contributed by atoms with Crippen LogP contribution in [0.2, 0.25) is 0 Å². The molecule has 1 heterocycles. The number of pyridine rings is 1. The van der Waals surface area contributed by atoms with Gasteiger partial charge >= 0.3 is 0 Å². The standard InChI is InChI=1S/C27H28FN3O2/c1-19-10-16-23(17-11-19)31(27(33)24-9-5-6-18-29-24)25(20-12-14-21(28)15-13-20)26(32)30-22-7-3-2-4-8-22/h5-6,9-18,22,25H,2-4,7-8H2,1H3,(H,30,32)/t25-/m1/s1. The van der Waals surface area contributed by atoms with E-state index in [4.69, 9.17) is 0 Å². The quantitative estimate of drug-likeness (QED) is 0.555. The van der Waals surface area contributed by atoms with Crippen LogP contribution in [0.1, 0.15) is 59.8 Å². The average molecular weight is 446 g/mol. The van der Waals surface area contributed by atoms with E-state index in [2.05, 4.69) is 10.3 Å². The van der Waals surface area contributed by atoms with Crippen LogP contribution in [0.4, 0.5) is 10.1 Å². The fraction of sp³-hybridized carbons (Fsp3) is 0.296. The summed E-state index contributed by atoms with van der Waals surface area (Å²) in [4.78, 5) is 33.1. The van der Waals surface area contributed by atoms with E-state index in [1.807, 2.05) is 31.2 Å². The number of anilines is 1. The van der Waals surface area contributed by atoms with E-state index in [1.54, 1.807) is 36.5 Å². The molecule has 33 heavy (non-hydrogen) atoms. The van der Waals surface area contributed by atoms with Crippen molar-refractivity contribution in [3.8, 4) is 0 Å². The number of nitrogens with zero attached hydrogens (tertiary/aromatic N) is 2. The van der Waals surface area contributed by atoms with E-state index in [0.29, 0.717) is 11.3 Å². The predicted molar refractivity (Wildman–Crippen MR) is 126 cm³/mol. The maximum Gasteiger partial charge on any atom is 0.277 e. The minimum Gasteiger partial charge on any atom is -0.351 e. The van der Waals surface area contributed by atoms with Crippen molar-refractivity contribution < 1.29 is 14.0 Å². The molecule has 0 radical (unpaired) electrons. The molecule has 170 valence electrons. The number of halogens is 1. The van der Waals surface area contributed by atoms with Crippen LogP contribution >= 0.6 is 0 Å². The van der Waals surface area contributed by atoms with Crippen LogP contribution < -0.4 is 10.2 Å². The maximum atomic E-state index is 13.7. The van der Waals surface area contributed by atoms with Gasteiger partial charge in [0.05, 0.1) is 0 Å². The van der Waals surface area contributed by atoms with Gasteiger partial charge < -0.3 is 5.32 Å². The molecule has 4 rings (SSSR count). The number of hydrogen-bond acceptors (Lipinski definition) is 3. The van der Waals surface area contributed by atoms with Crippen LogP contribution in [0.15, 0.2) is 72.9 Å². The van der Waals surface area contributed by atoms with E-state index < -0.39 is 17.8 Å². The van der Waals surface area contributed by atoms with Gasteiger partial charge in [0.2, 0.25) is 5.91 Å². The summed E-state index contributed by atoms with van der Waals surface area (Å²) in [6, 6.07) is 17.4. The van der Waals surface area contributed by atoms with Crippen LogP contribution in [0.3, 0.4) is 0 Å². The Morgan fingerprint density at radius 3 is 2.30 bits per heavy atom. The Labute approximate surface area is 193 Å². The number of aromatic nitrogens is 1. The Hall–Kier alpha value is -3.54. The Morgan fingerprint density at radius 1 is 0.970 bits per heavy atom. The highest BCUT2D eigenvalue weighted by molar-refractivity contribution is 6.09. The molecule has 1 N–H and O–H groups in total. The number of benzene rings is 2. The summed E-state index contributed by atoms with van der Waals surface area (Å²) in [5.74, 6) is -1.07. The minimum atomic E-state index is -0.968. The minimum absolute atomic E-state index is 0.0685. The molecule has 1 aromatic heterocycles. The molecule has 1 saturated carbocycles. The van der Waals surface area contributed by atoms with Crippen LogP contribution in [-0.4, -0.2) is 22.8 Å². The van der Waals surface area contributed by atoms with Gasteiger partial charge in [0, 0.05) is 17.9 Å². The highest BCUT2D eigenvalue weighted by Gasteiger charge is 2.35. The molecule has 2 aromatic carbocycles. The Balaban J connectivity index is 1.79. The monoisotopic (exact) mass is 445 g/mol. The van der Waals surface area contributed by atoms with E-state index in [-0.39, 0.29) is 17.6 Å². The molecule has 0 spiro atoms. The van der Waals surface area contributed by atoms with Gasteiger partial charge in [-0.15, -0.1) is 0 Å². The third kappa shape index (κ3) is 5.45. The number of rotatable bonds is 6. The lowest BCUT2D eigenvalue weighted by molar-refractivity contribution is -0.123. The SMILES string of the molecule is Cc1ccc(N(C(=O)c2ccccn2)[C@@H](C(=O)NC2CCCCC2)c2ccc(F)cc2)cc1. The lowest BCUT2D eigenvalue weighted by atomic mass is 9.94. The van der Waals surface area contributed by atoms with Crippen LogP contribution in [0.5, 0.6) is 0 Å². The largest absolute Gasteiger partial charge is 0.351 e. The summed E-state index contributed by atoms with van der Waals surface area (Å²) >= 11 is 0. The van der Waals surface area contributed by atoms with Crippen molar-refractivity contribution in [2.75, 3.05) is 4.90 Å². The second kappa shape index (κ2) is 10.4. The normalized spacial score (nSPS) is 15.0. The average Bonchev–Trinajstić information content (AvgIpc) is 2.85. The van der Waals surface area contributed by atoms with Gasteiger partial charge in [0.1, 0.15) is 17.6 Å². The molecule has 0 saturated heterocycles. The maximum absolute atomic E-state index is 13.7. The fourth-order valence-corrected chi connectivity index (χ4v) is 4.29. The molecule has 0 aliphatic heterocycles. The first-order chi connectivity index (χ1) is 16.0. The van der Waals surface area contributed by atoms with Gasteiger partial charge in [-0.1, -0.05) is 55.2 Å². The molecule has 0 unspecified atom stereocenters. The van der Waals surface area contributed by atoms with Gasteiger partial charge in [-0.25, -0.2) is 4.39 Å². The van der Waals surface area contributed by atoms with Crippen LogP contribution in [-0.2, 0) is 4.79 Å². The molecule has 6 heteroatoms. The zero-order valence-corrected chi connectivity index (χ0v) is 18.7. The zero-order valence-electron chi connectivity index (χ0n) is 18.7. The number of aryl methyl sites for hydroxylation is 1. The Bertz CT molecular complexity index is 1080. The predicted octanol–water partition coefficient (Wildman–Crippen LogP) is 5.37. The van der Waals surface area contributed by atoms with Crippen LogP contribution in [0.25, 0.3) is 0 Å². The van der Waals surface area contributed by atoms with E-state index in [9.17, 15) is 14.0 Å². The molecule has 1 atom stereocenters. The van der Waals surface area contributed by atoms with Gasteiger partial charge in [-0.2, -0.15) is 0 Å². The number of carbonyl (C=O) groups is 2. The number of nitrogens with one attached hydrogen (secondary N) is 1. The highest BCUT2D eigenvalue weighted by atomic mass is 19.1. The van der Waals surface area contributed by atoms with Crippen molar-refractivity contribution in [3.63, 3.8) is 0 Å². The summed E-state index contributed by atoms with van der Waals surface area (Å²) in [6.07, 6.45) is 6.69. The van der Waals surface area contributed by atoms with E-state index in [1.165, 1.54) is 23.5 Å². The van der Waals surface area contributed by atoms with Gasteiger partial charge in [0.15, 0.2) is 0 Å². The van der Waals surface area contributed by atoms with E-state index >= 15 is 0 Å². The second-order valence-electron chi connectivity index (χ2n) is 8.52. The molecule has 0 bridgehead atoms. The number of hydrogen-bond donors (Lipinski definition) is 1. The van der Waals surface area contributed by atoms with Crippen LogP contribution in [0, 0.1) is 12.7 Å². The van der Waals surface area contributed by atoms with Crippen molar-refractivity contribution in [2.24, 2.45) is 0 Å². The number of amides is 2. The molecule has 1 aliphatic rings. The topological polar surface area (TPSA) is 62.3 Å². The molecule has 5 nitrogen and oxygen atoms in total. The van der Waals surface area contributed by atoms with Crippen molar-refractivity contribution in [3.05, 3.63) is 95.6 Å². The summed E-state index contributed by atoms with van der Waals surface area (Å²) in [7, 11) is 0. The molecule has 2 amide bonds. The Kier molecular flexibility index (Phi) is 7.13. The first-order valence-electron chi connectivity index (χ1n) is 11.4. The third-order valence-electron chi connectivity index (χ3n) is 6.06. The summed E-state index contributed by atoms with van der Waals surface area (Å²) in [5.41, 5.74) is 2.38. The van der Waals surface area contributed by atoms with Crippen molar-refractivity contribution in [1.29, 1.82) is 0 Å². The van der Waals surface area contributed by atoms with Gasteiger partial charge in [-0.05, 0) is 61.7 Å². The first kappa shape index (κ1) is 22.6. The lowest BCUT2D eigenvalue weighted by Crippen LogP contribution is -2.47. The van der Waals surface area contributed by atoms with Crippen molar-refractivity contribution in [1.82, 2.24) is 10.3 Å². The Morgan fingerprint density at radius 2 is 1.67 bits per heavy atom. The highest BCUT2D eigenvalue weighted by Crippen LogP contribution is 2.31. The molecule has 1 fully saturated rings. The zero-order chi connectivity index (χ0) is 23.2. The molecule has 1 aliphatic carbocycles. The van der Waals surface area contributed by atoms with Gasteiger partial charge in [0.25, 0.3) is 5.91 Å².